The Balaban J connectivity index is 0.000000659. The molecule has 2 heteroatoms. The lowest BCUT2D eigenvalue weighted by Crippen LogP contribution is -2.01. The molecule has 0 fully saturated rings. The molecule has 1 aromatic carbocycles. The second-order valence-corrected chi connectivity index (χ2v) is 3.81. The molecule has 0 spiro atoms. The normalized spacial score (nSPS) is 12.7. The van der Waals surface area contributed by atoms with Crippen molar-refractivity contribution in [3.63, 3.8) is 0 Å². The third-order valence-electron chi connectivity index (χ3n) is 2.41. The smallest absolute Gasteiger partial charge is 0.216 e. The first-order chi connectivity index (χ1) is 8.77. The molecule has 2 nitrogen and oxygen atoms in total. The van der Waals surface area contributed by atoms with Crippen LogP contribution < -0.4 is 0 Å². The molecule has 102 valence electrons. The zero-order valence-corrected chi connectivity index (χ0v) is 12.7. The van der Waals surface area contributed by atoms with Gasteiger partial charge >= 0.3 is 0 Å². The quantitative estimate of drug-likeness (QED) is 0.748. The van der Waals surface area contributed by atoms with Crippen molar-refractivity contribution in [1.82, 2.24) is 0 Å². The van der Waals surface area contributed by atoms with Crippen molar-refractivity contribution >= 4 is 5.90 Å². The highest BCUT2D eigenvalue weighted by Gasteiger charge is 2.09. The summed E-state index contributed by atoms with van der Waals surface area (Å²) in [5.41, 5.74) is 2.44. The molecular formula is C16H27NO. The Morgan fingerprint density at radius 2 is 1.56 bits per heavy atom. The van der Waals surface area contributed by atoms with Gasteiger partial charge in [0.05, 0.1) is 6.54 Å². The van der Waals surface area contributed by atoms with Gasteiger partial charge < -0.3 is 4.74 Å². The first-order valence-corrected chi connectivity index (χ1v) is 7.05. The average molecular weight is 249 g/mol. The van der Waals surface area contributed by atoms with Gasteiger partial charge in [-0.1, -0.05) is 53.7 Å². The Bertz CT molecular complexity index is 339. The van der Waals surface area contributed by atoms with Gasteiger partial charge in [0.2, 0.25) is 5.90 Å². The highest BCUT2D eigenvalue weighted by molar-refractivity contribution is 5.94. The van der Waals surface area contributed by atoms with Crippen LogP contribution in [-0.2, 0) is 4.74 Å². The SMILES string of the molecule is CC.CC.CC(C)c1ccc(C2=NCCO2)cc1. The third kappa shape index (κ3) is 4.91. The summed E-state index contributed by atoms with van der Waals surface area (Å²) in [6, 6.07) is 8.45. The number of ether oxygens (including phenoxy) is 1. The number of aliphatic imine (C=N–C) groups is 1. The topological polar surface area (TPSA) is 21.6 Å². The number of rotatable bonds is 2. The van der Waals surface area contributed by atoms with E-state index in [9.17, 15) is 0 Å². The molecule has 1 aliphatic rings. The van der Waals surface area contributed by atoms with Gasteiger partial charge in [-0.2, -0.15) is 0 Å². The molecule has 0 aromatic heterocycles. The lowest BCUT2D eigenvalue weighted by atomic mass is 10.0. The van der Waals surface area contributed by atoms with Crippen LogP contribution in [0.2, 0.25) is 0 Å². The van der Waals surface area contributed by atoms with Crippen molar-refractivity contribution < 1.29 is 4.74 Å². The van der Waals surface area contributed by atoms with Gasteiger partial charge in [-0.25, -0.2) is 4.99 Å². The Hall–Kier alpha value is -1.31. The molecule has 0 saturated heterocycles. The van der Waals surface area contributed by atoms with Gasteiger partial charge in [0.15, 0.2) is 0 Å². The summed E-state index contributed by atoms with van der Waals surface area (Å²) >= 11 is 0. The van der Waals surface area contributed by atoms with E-state index in [1.807, 2.05) is 27.7 Å². The third-order valence-corrected chi connectivity index (χ3v) is 2.41. The summed E-state index contributed by atoms with van der Waals surface area (Å²) < 4.78 is 5.39. The van der Waals surface area contributed by atoms with E-state index in [0.29, 0.717) is 5.92 Å². The van der Waals surface area contributed by atoms with Crippen LogP contribution in [0.25, 0.3) is 0 Å². The standard InChI is InChI=1S/C12H15NO.2C2H6/c1-9(2)10-3-5-11(6-4-10)12-13-7-8-14-12;2*1-2/h3-6,9H,7-8H2,1-2H3;2*1-2H3. The molecular weight excluding hydrogens is 222 g/mol. The van der Waals surface area contributed by atoms with Crippen molar-refractivity contribution in [2.24, 2.45) is 4.99 Å². The fourth-order valence-electron chi connectivity index (χ4n) is 1.52. The molecule has 0 unspecified atom stereocenters. The number of hydrogen-bond donors (Lipinski definition) is 0. The number of benzene rings is 1. The van der Waals surface area contributed by atoms with E-state index < -0.39 is 0 Å². The molecule has 0 N–H and O–H groups in total. The Morgan fingerprint density at radius 3 is 1.94 bits per heavy atom. The minimum absolute atomic E-state index is 0.579. The predicted octanol–water partition coefficient (Wildman–Crippen LogP) is 4.64. The van der Waals surface area contributed by atoms with E-state index in [-0.39, 0.29) is 0 Å². The highest BCUT2D eigenvalue weighted by atomic mass is 16.5. The number of nitrogens with zero attached hydrogens (tertiary/aromatic N) is 1. The summed E-state index contributed by atoms with van der Waals surface area (Å²) in [5.74, 6) is 1.37. The van der Waals surface area contributed by atoms with E-state index in [2.05, 4.69) is 43.1 Å². The minimum Gasteiger partial charge on any atom is -0.476 e. The molecule has 0 atom stereocenters. The van der Waals surface area contributed by atoms with Gasteiger partial charge in [0.1, 0.15) is 6.61 Å². The second kappa shape index (κ2) is 9.69. The van der Waals surface area contributed by atoms with Crippen molar-refractivity contribution in [1.29, 1.82) is 0 Å². The molecule has 0 aliphatic carbocycles. The van der Waals surface area contributed by atoms with Crippen LogP contribution in [0.3, 0.4) is 0 Å². The lowest BCUT2D eigenvalue weighted by Gasteiger charge is -2.06. The van der Waals surface area contributed by atoms with E-state index in [4.69, 9.17) is 4.74 Å². The van der Waals surface area contributed by atoms with Crippen molar-refractivity contribution in [2.45, 2.75) is 47.5 Å². The van der Waals surface area contributed by atoms with Gasteiger partial charge in [0, 0.05) is 5.56 Å². The summed E-state index contributed by atoms with van der Waals surface area (Å²) in [7, 11) is 0. The Kier molecular flexibility index (Phi) is 8.99. The fraction of sp³-hybridized carbons (Fsp3) is 0.562. The first kappa shape index (κ1) is 16.7. The van der Waals surface area contributed by atoms with Crippen LogP contribution in [0.4, 0.5) is 0 Å². The first-order valence-electron chi connectivity index (χ1n) is 7.05. The summed E-state index contributed by atoms with van der Waals surface area (Å²) in [6.45, 7) is 13.9. The number of hydrogen-bond acceptors (Lipinski definition) is 2. The van der Waals surface area contributed by atoms with E-state index >= 15 is 0 Å². The van der Waals surface area contributed by atoms with Crippen LogP contribution in [0.5, 0.6) is 0 Å². The average Bonchev–Trinajstić information content (AvgIpc) is 2.97. The monoisotopic (exact) mass is 249 g/mol. The maximum Gasteiger partial charge on any atom is 0.216 e. The van der Waals surface area contributed by atoms with Gasteiger partial charge in [-0.15, -0.1) is 0 Å². The lowest BCUT2D eigenvalue weighted by molar-refractivity contribution is 0.348. The van der Waals surface area contributed by atoms with Crippen molar-refractivity contribution in [3.05, 3.63) is 35.4 Å². The maximum absolute atomic E-state index is 5.39. The molecule has 0 saturated carbocycles. The van der Waals surface area contributed by atoms with Crippen LogP contribution >= 0.6 is 0 Å². The molecule has 0 radical (unpaired) electrons. The largest absolute Gasteiger partial charge is 0.476 e. The zero-order valence-electron chi connectivity index (χ0n) is 12.7. The highest BCUT2D eigenvalue weighted by Crippen LogP contribution is 2.16. The maximum atomic E-state index is 5.39. The fourth-order valence-corrected chi connectivity index (χ4v) is 1.52. The van der Waals surface area contributed by atoms with E-state index in [0.717, 1.165) is 24.6 Å². The van der Waals surface area contributed by atoms with Crippen LogP contribution in [-0.4, -0.2) is 19.0 Å². The summed E-state index contributed by atoms with van der Waals surface area (Å²) in [4.78, 5) is 4.27. The predicted molar refractivity (Wildman–Crippen MR) is 80.6 cm³/mol. The molecule has 18 heavy (non-hydrogen) atoms. The Labute approximate surface area is 112 Å². The van der Waals surface area contributed by atoms with Gasteiger partial charge in [-0.3, -0.25) is 0 Å². The van der Waals surface area contributed by atoms with Crippen LogP contribution in [0, 0.1) is 0 Å². The summed E-state index contributed by atoms with van der Waals surface area (Å²) in [5, 5.41) is 0. The van der Waals surface area contributed by atoms with Crippen molar-refractivity contribution in [2.75, 3.05) is 13.2 Å². The van der Waals surface area contributed by atoms with Crippen LogP contribution in [0.1, 0.15) is 58.6 Å². The van der Waals surface area contributed by atoms with Crippen molar-refractivity contribution in [3.8, 4) is 0 Å². The van der Waals surface area contributed by atoms with Gasteiger partial charge in [-0.05, 0) is 23.6 Å². The summed E-state index contributed by atoms with van der Waals surface area (Å²) in [6.07, 6.45) is 0. The molecule has 1 aromatic rings. The Morgan fingerprint density at radius 1 is 1.00 bits per heavy atom. The zero-order chi connectivity index (χ0) is 14.0. The molecule has 1 aliphatic heterocycles. The molecule has 2 rings (SSSR count). The van der Waals surface area contributed by atoms with Gasteiger partial charge in [0.25, 0.3) is 0 Å². The second-order valence-electron chi connectivity index (χ2n) is 3.81. The van der Waals surface area contributed by atoms with Crippen LogP contribution in [0.15, 0.2) is 29.3 Å². The molecule has 0 bridgehead atoms. The van der Waals surface area contributed by atoms with E-state index in [1.54, 1.807) is 0 Å². The molecule has 1 heterocycles. The van der Waals surface area contributed by atoms with E-state index in [1.165, 1.54) is 5.56 Å². The molecule has 0 amide bonds. The minimum atomic E-state index is 0.579.